The van der Waals surface area contributed by atoms with Gasteiger partial charge in [0.15, 0.2) is 4.88 Å². The van der Waals surface area contributed by atoms with Crippen molar-refractivity contribution in [2.24, 2.45) is 11.7 Å². The van der Waals surface area contributed by atoms with Crippen molar-refractivity contribution in [2.75, 3.05) is 0 Å². The van der Waals surface area contributed by atoms with Crippen LogP contribution in [0.3, 0.4) is 0 Å². The SMILES string of the molecule is CC(C)C1NC(=O)N(C2CCC(Oc3nc(C4CC4)sc3C(N)=O)CC2)C1=O. The Kier molecular flexibility index (Phi) is 5.03. The average molecular weight is 407 g/mol. The fourth-order valence-electron chi connectivity index (χ4n) is 3.95. The normalized spacial score (nSPS) is 28.0. The monoisotopic (exact) mass is 406 g/mol. The van der Waals surface area contributed by atoms with Crippen LogP contribution in [-0.2, 0) is 4.79 Å². The van der Waals surface area contributed by atoms with Gasteiger partial charge in [-0.05, 0) is 44.4 Å². The molecule has 4 rings (SSSR count). The van der Waals surface area contributed by atoms with Crippen molar-refractivity contribution in [2.45, 2.75) is 76.5 Å². The Morgan fingerprint density at radius 3 is 2.43 bits per heavy atom. The number of amides is 4. The average Bonchev–Trinajstić information content (AvgIpc) is 3.34. The summed E-state index contributed by atoms with van der Waals surface area (Å²) >= 11 is 1.33. The molecule has 9 heteroatoms. The molecule has 8 nitrogen and oxygen atoms in total. The molecule has 0 bridgehead atoms. The summed E-state index contributed by atoms with van der Waals surface area (Å²) < 4.78 is 6.02. The molecule has 3 aliphatic rings. The molecule has 2 heterocycles. The highest BCUT2D eigenvalue weighted by Crippen LogP contribution is 2.44. The van der Waals surface area contributed by atoms with Gasteiger partial charge in [0.05, 0.1) is 0 Å². The molecule has 1 aromatic rings. The first-order valence-electron chi connectivity index (χ1n) is 9.96. The predicted molar refractivity (Wildman–Crippen MR) is 103 cm³/mol. The Hall–Kier alpha value is -2.16. The molecule has 0 radical (unpaired) electrons. The highest BCUT2D eigenvalue weighted by atomic mass is 32.1. The van der Waals surface area contributed by atoms with Gasteiger partial charge < -0.3 is 15.8 Å². The molecule has 1 aliphatic heterocycles. The van der Waals surface area contributed by atoms with Crippen LogP contribution in [0, 0.1) is 5.92 Å². The summed E-state index contributed by atoms with van der Waals surface area (Å²) in [5.41, 5.74) is 5.49. The Morgan fingerprint density at radius 2 is 1.89 bits per heavy atom. The van der Waals surface area contributed by atoms with Crippen molar-refractivity contribution in [1.29, 1.82) is 0 Å². The van der Waals surface area contributed by atoms with Gasteiger partial charge in [-0.1, -0.05) is 13.8 Å². The van der Waals surface area contributed by atoms with Gasteiger partial charge in [-0.25, -0.2) is 9.78 Å². The van der Waals surface area contributed by atoms with Crippen molar-refractivity contribution < 1.29 is 19.1 Å². The minimum atomic E-state index is -0.507. The zero-order valence-electron chi connectivity index (χ0n) is 16.1. The quantitative estimate of drug-likeness (QED) is 0.704. The number of aromatic nitrogens is 1. The zero-order chi connectivity index (χ0) is 20.0. The van der Waals surface area contributed by atoms with Gasteiger partial charge in [-0.3, -0.25) is 14.5 Å². The Bertz CT molecular complexity index is 796. The van der Waals surface area contributed by atoms with Gasteiger partial charge in [0, 0.05) is 12.0 Å². The lowest BCUT2D eigenvalue weighted by molar-refractivity contribution is -0.130. The number of carbonyl (C=O) groups is 3. The topological polar surface area (TPSA) is 115 Å². The van der Waals surface area contributed by atoms with E-state index in [1.54, 1.807) is 0 Å². The smallest absolute Gasteiger partial charge is 0.325 e. The van der Waals surface area contributed by atoms with Gasteiger partial charge in [-0.15, -0.1) is 11.3 Å². The van der Waals surface area contributed by atoms with E-state index in [2.05, 4.69) is 10.3 Å². The van der Waals surface area contributed by atoms with Crippen LogP contribution >= 0.6 is 11.3 Å². The summed E-state index contributed by atoms with van der Waals surface area (Å²) in [6, 6.07) is -0.836. The molecular weight excluding hydrogens is 380 g/mol. The number of nitrogens with zero attached hydrogens (tertiary/aromatic N) is 2. The first-order chi connectivity index (χ1) is 13.3. The van der Waals surface area contributed by atoms with Crippen LogP contribution in [0.1, 0.15) is 73.0 Å². The number of ether oxygens (including phenoxy) is 1. The summed E-state index contributed by atoms with van der Waals surface area (Å²) in [5, 5.41) is 3.71. The molecule has 1 atom stereocenters. The fraction of sp³-hybridized carbons (Fsp3) is 0.684. The van der Waals surface area contributed by atoms with Crippen molar-refractivity contribution >= 4 is 29.2 Å². The largest absolute Gasteiger partial charge is 0.473 e. The summed E-state index contributed by atoms with van der Waals surface area (Å²) in [6.45, 7) is 3.86. The van der Waals surface area contributed by atoms with E-state index < -0.39 is 11.9 Å². The first-order valence-corrected chi connectivity index (χ1v) is 10.8. The minimum Gasteiger partial charge on any atom is -0.473 e. The molecule has 3 fully saturated rings. The summed E-state index contributed by atoms with van der Waals surface area (Å²) in [7, 11) is 0. The number of hydrogen-bond donors (Lipinski definition) is 2. The van der Waals surface area contributed by atoms with E-state index in [0.717, 1.165) is 17.8 Å². The van der Waals surface area contributed by atoms with Crippen LogP contribution in [0.25, 0.3) is 0 Å². The van der Waals surface area contributed by atoms with E-state index in [1.165, 1.54) is 16.2 Å². The van der Waals surface area contributed by atoms with Crippen molar-refractivity contribution in [3.63, 3.8) is 0 Å². The molecule has 3 N–H and O–H groups in total. The fourth-order valence-corrected chi connectivity index (χ4v) is 4.98. The standard InChI is InChI=1S/C19H26N4O4S/c1-9(2)13-18(25)23(19(26)21-13)11-5-7-12(8-6-11)27-16-14(15(20)24)28-17(22-16)10-3-4-10/h9-13H,3-8H2,1-2H3,(H2,20,24)(H,21,26). The molecular formula is C19H26N4O4S. The summed E-state index contributed by atoms with van der Waals surface area (Å²) in [4.78, 5) is 42.9. The lowest BCUT2D eigenvalue weighted by Crippen LogP contribution is -2.44. The van der Waals surface area contributed by atoms with E-state index in [0.29, 0.717) is 42.4 Å². The molecule has 1 saturated heterocycles. The molecule has 152 valence electrons. The van der Waals surface area contributed by atoms with Crippen LogP contribution < -0.4 is 15.8 Å². The first kappa shape index (κ1) is 19.2. The minimum absolute atomic E-state index is 0.0682. The van der Waals surface area contributed by atoms with Crippen LogP contribution in [0.4, 0.5) is 4.79 Å². The zero-order valence-corrected chi connectivity index (χ0v) is 17.0. The molecule has 2 saturated carbocycles. The Balaban J connectivity index is 1.38. The van der Waals surface area contributed by atoms with E-state index >= 15 is 0 Å². The van der Waals surface area contributed by atoms with Gasteiger partial charge >= 0.3 is 6.03 Å². The maximum Gasteiger partial charge on any atom is 0.325 e. The highest BCUT2D eigenvalue weighted by molar-refractivity contribution is 7.14. The molecule has 0 spiro atoms. The van der Waals surface area contributed by atoms with E-state index in [1.807, 2.05) is 13.8 Å². The second-order valence-corrected chi connectivity index (χ2v) is 9.28. The van der Waals surface area contributed by atoms with Crippen molar-refractivity contribution in [1.82, 2.24) is 15.2 Å². The molecule has 1 aromatic heterocycles. The number of nitrogens with two attached hydrogens (primary N) is 1. The molecule has 2 aliphatic carbocycles. The maximum absolute atomic E-state index is 12.6. The number of carbonyl (C=O) groups excluding carboxylic acids is 3. The lowest BCUT2D eigenvalue weighted by atomic mass is 9.91. The molecule has 1 unspecified atom stereocenters. The van der Waals surface area contributed by atoms with E-state index in [4.69, 9.17) is 10.5 Å². The second-order valence-electron chi connectivity index (χ2n) is 8.25. The summed E-state index contributed by atoms with van der Waals surface area (Å²) in [6.07, 6.45) is 4.86. The highest BCUT2D eigenvalue weighted by Gasteiger charge is 2.44. The van der Waals surface area contributed by atoms with Gasteiger partial charge in [0.25, 0.3) is 11.8 Å². The van der Waals surface area contributed by atoms with Crippen molar-refractivity contribution in [3.05, 3.63) is 9.88 Å². The lowest BCUT2D eigenvalue weighted by Gasteiger charge is -2.32. The Morgan fingerprint density at radius 1 is 1.21 bits per heavy atom. The van der Waals surface area contributed by atoms with E-state index in [9.17, 15) is 14.4 Å². The van der Waals surface area contributed by atoms with Crippen molar-refractivity contribution in [3.8, 4) is 5.88 Å². The number of urea groups is 1. The second kappa shape index (κ2) is 7.35. The predicted octanol–water partition coefficient (Wildman–Crippen LogP) is 2.39. The summed E-state index contributed by atoms with van der Waals surface area (Å²) in [5.74, 6) is 0.210. The van der Waals surface area contributed by atoms with E-state index in [-0.39, 0.29) is 30.0 Å². The van der Waals surface area contributed by atoms with Crippen LogP contribution in [0.2, 0.25) is 0 Å². The third-order valence-corrected chi connectivity index (χ3v) is 6.93. The number of thiazole rings is 1. The molecule has 4 amide bonds. The maximum atomic E-state index is 12.6. The van der Waals surface area contributed by atoms with Gasteiger partial charge in [0.2, 0.25) is 5.88 Å². The number of hydrogen-bond acceptors (Lipinski definition) is 6. The number of primary amides is 1. The van der Waals surface area contributed by atoms with Crippen LogP contribution in [0.5, 0.6) is 5.88 Å². The van der Waals surface area contributed by atoms with Crippen LogP contribution in [-0.4, -0.2) is 45.9 Å². The van der Waals surface area contributed by atoms with Gasteiger partial charge in [0.1, 0.15) is 17.2 Å². The Labute approximate surface area is 167 Å². The van der Waals surface area contributed by atoms with Gasteiger partial charge in [-0.2, -0.15) is 0 Å². The number of nitrogens with one attached hydrogen (secondary N) is 1. The van der Waals surface area contributed by atoms with Crippen LogP contribution in [0.15, 0.2) is 0 Å². The molecule has 28 heavy (non-hydrogen) atoms. The third kappa shape index (κ3) is 3.59. The molecule has 0 aromatic carbocycles. The third-order valence-electron chi connectivity index (χ3n) is 5.72. The number of imide groups is 1. The number of rotatable bonds is 6.